The first-order valence-electron chi connectivity index (χ1n) is 8.01. The lowest BCUT2D eigenvalue weighted by atomic mass is 10.2. The molecule has 1 heterocycles. The van der Waals surface area contributed by atoms with E-state index in [0.717, 1.165) is 18.3 Å². The van der Waals surface area contributed by atoms with Gasteiger partial charge in [-0.1, -0.05) is 11.6 Å². The lowest BCUT2D eigenvalue weighted by molar-refractivity contribution is -0.120. The van der Waals surface area contributed by atoms with Gasteiger partial charge in [-0.3, -0.25) is 14.4 Å². The lowest BCUT2D eigenvalue weighted by Gasteiger charge is -2.04. The fourth-order valence-corrected chi connectivity index (χ4v) is 2.46. The Labute approximate surface area is 162 Å². The third kappa shape index (κ3) is 4.60. The first kappa shape index (κ1) is 19.2. The summed E-state index contributed by atoms with van der Waals surface area (Å²) in [6, 6.07) is 9.53. The number of carbonyl (C=O) groups excluding carboxylic acids is 2. The number of halogens is 2. The van der Waals surface area contributed by atoms with E-state index in [1.807, 2.05) is 0 Å². The zero-order valence-corrected chi connectivity index (χ0v) is 15.0. The maximum atomic E-state index is 12.8. The Morgan fingerprint density at radius 1 is 1.18 bits per heavy atom. The molecule has 0 radical (unpaired) electrons. The molecule has 2 aromatic carbocycles. The molecular formula is C19H13ClFN3O4. The summed E-state index contributed by atoms with van der Waals surface area (Å²) in [6.45, 7) is -0.352. The molecule has 28 heavy (non-hydrogen) atoms. The Hall–Kier alpha value is -3.52. The molecule has 0 saturated carbocycles. The Balaban J connectivity index is 1.58. The van der Waals surface area contributed by atoms with Gasteiger partial charge in [-0.05, 0) is 42.5 Å². The highest BCUT2D eigenvalue weighted by molar-refractivity contribution is 6.31. The molecule has 0 atom stereocenters. The maximum absolute atomic E-state index is 12.8. The summed E-state index contributed by atoms with van der Waals surface area (Å²) >= 11 is 5.88. The fraction of sp³-hybridized carbons (Fsp3) is 0.0526. The molecule has 3 rings (SSSR count). The Kier molecular flexibility index (Phi) is 5.81. The summed E-state index contributed by atoms with van der Waals surface area (Å²) in [7, 11) is 0. The van der Waals surface area contributed by atoms with Crippen LogP contribution in [0.15, 0.2) is 63.0 Å². The van der Waals surface area contributed by atoms with Crippen molar-refractivity contribution in [3.63, 3.8) is 0 Å². The molecule has 7 nitrogen and oxygen atoms in total. The van der Waals surface area contributed by atoms with Gasteiger partial charge in [0.15, 0.2) is 0 Å². The second-order valence-electron chi connectivity index (χ2n) is 5.64. The number of amides is 2. The monoisotopic (exact) mass is 401 g/mol. The number of hydrogen-bond donors (Lipinski definition) is 2. The first-order chi connectivity index (χ1) is 13.4. The van der Waals surface area contributed by atoms with E-state index in [4.69, 9.17) is 16.0 Å². The quantitative estimate of drug-likeness (QED) is 0.506. The van der Waals surface area contributed by atoms with Gasteiger partial charge in [-0.2, -0.15) is 5.10 Å². The minimum absolute atomic E-state index is 0.116. The highest BCUT2D eigenvalue weighted by atomic mass is 35.5. The van der Waals surface area contributed by atoms with E-state index in [0.29, 0.717) is 10.6 Å². The third-order valence-electron chi connectivity index (χ3n) is 3.67. The van der Waals surface area contributed by atoms with Crippen LogP contribution in [-0.4, -0.2) is 24.6 Å². The van der Waals surface area contributed by atoms with Crippen LogP contribution in [0.3, 0.4) is 0 Å². The van der Waals surface area contributed by atoms with E-state index in [1.165, 1.54) is 24.5 Å². The number of fused-ring (bicyclic) bond motifs is 1. The van der Waals surface area contributed by atoms with Crippen molar-refractivity contribution in [2.24, 2.45) is 5.10 Å². The van der Waals surface area contributed by atoms with Crippen LogP contribution >= 0.6 is 11.6 Å². The predicted molar refractivity (Wildman–Crippen MR) is 102 cm³/mol. The highest BCUT2D eigenvalue weighted by Gasteiger charge is 2.08. The Morgan fingerprint density at radius 3 is 2.68 bits per heavy atom. The summed E-state index contributed by atoms with van der Waals surface area (Å²) in [5, 5.41) is 6.72. The molecule has 0 unspecified atom stereocenters. The smallest absolute Gasteiger partial charge is 0.259 e. The molecular weight excluding hydrogens is 389 g/mol. The minimum atomic E-state index is -0.611. The summed E-state index contributed by atoms with van der Waals surface area (Å²) < 4.78 is 18.2. The molecule has 0 saturated heterocycles. The van der Waals surface area contributed by atoms with Crippen molar-refractivity contribution in [2.45, 2.75) is 0 Å². The van der Waals surface area contributed by atoms with Crippen LogP contribution < -0.4 is 16.2 Å². The third-order valence-corrected chi connectivity index (χ3v) is 3.91. The van der Waals surface area contributed by atoms with Gasteiger partial charge in [0.05, 0.1) is 23.7 Å². The van der Waals surface area contributed by atoms with Crippen molar-refractivity contribution in [2.75, 3.05) is 6.54 Å². The van der Waals surface area contributed by atoms with Gasteiger partial charge >= 0.3 is 0 Å². The molecule has 0 aliphatic rings. The van der Waals surface area contributed by atoms with Crippen molar-refractivity contribution in [1.82, 2.24) is 10.7 Å². The first-order valence-corrected chi connectivity index (χ1v) is 8.38. The molecule has 142 valence electrons. The summed E-state index contributed by atoms with van der Waals surface area (Å²) in [5.41, 5.74) is 2.53. The number of benzene rings is 2. The summed E-state index contributed by atoms with van der Waals surface area (Å²) in [4.78, 5) is 35.9. The zero-order valence-electron chi connectivity index (χ0n) is 14.2. The SMILES string of the molecule is O=C(CNC(=O)c1ccc(F)cc1)NN=Cc1coc2ccc(Cl)cc2c1=O. The van der Waals surface area contributed by atoms with E-state index in [1.54, 1.807) is 12.1 Å². The van der Waals surface area contributed by atoms with Gasteiger partial charge in [-0.25, -0.2) is 9.82 Å². The van der Waals surface area contributed by atoms with Crippen molar-refractivity contribution < 1.29 is 18.4 Å². The van der Waals surface area contributed by atoms with Gasteiger partial charge in [-0.15, -0.1) is 0 Å². The van der Waals surface area contributed by atoms with Gasteiger partial charge in [0.25, 0.3) is 11.8 Å². The van der Waals surface area contributed by atoms with Gasteiger partial charge in [0.1, 0.15) is 17.7 Å². The van der Waals surface area contributed by atoms with E-state index in [2.05, 4.69) is 15.8 Å². The lowest BCUT2D eigenvalue weighted by Crippen LogP contribution is -2.35. The van der Waals surface area contributed by atoms with Crippen LogP contribution in [0.5, 0.6) is 0 Å². The van der Waals surface area contributed by atoms with Crippen LogP contribution in [0.2, 0.25) is 5.02 Å². The molecule has 2 amide bonds. The standard InChI is InChI=1S/C19H13ClFN3O4/c20-13-3-6-16-15(7-13)18(26)12(10-28-16)8-23-24-17(25)9-22-19(27)11-1-4-14(21)5-2-11/h1-8,10H,9H2,(H,22,27)(H,24,25). The molecule has 0 aliphatic heterocycles. The molecule has 3 aromatic rings. The molecule has 0 aliphatic carbocycles. The van der Waals surface area contributed by atoms with Crippen molar-refractivity contribution in [3.05, 3.63) is 80.9 Å². The Bertz CT molecular complexity index is 1130. The average molecular weight is 402 g/mol. The van der Waals surface area contributed by atoms with Gasteiger partial charge in [0, 0.05) is 10.6 Å². The molecule has 0 fully saturated rings. The van der Waals surface area contributed by atoms with Crippen molar-refractivity contribution in [1.29, 1.82) is 0 Å². The fourth-order valence-electron chi connectivity index (χ4n) is 2.28. The summed E-state index contributed by atoms with van der Waals surface area (Å²) in [6.07, 6.45) is 2.34. The number of rotatable bonds is 5. The van der Waals surface area contributed by atoms with Crippen LogP contribution in [0.25, 0.3) is 11.0 Å². The normalized spacial score (nSPS) is 10.9. The number of hydrazone groups is 1. The molecule has 2 N–H and O–H groups in total. The second-order valence-corrected chi connectivity index (χ2v) is 6.08. The molecule has 9 heteroatoms. The zero-order chi connectivity index (χ0) is 20.1. The predicted octanol–water partition coefficient (Wildman–Crippen LogP) is 2.47. The van der Waals surface area contributed by atoms with Crippen LogP contribution in [-0.2, 0) is 4.79 Å². The van der Waals surface area contributed by atoms with Crippen molar-refractivity contribution >= 4 is 40.6 Å². The maximum Gasteiger partial charge on any atom is 0.259 e. The number of hydrogen-bond acceptors (Lipinski definition) is 5. The summed E-state index contributed by atoms with van der Waals surface area (Å²) in [5.74, 6) is -1.62. The highest BCUT2D eigenvalue weighted by Crippen LogP contribution is 2.16. The van der Waals surface area contributed by atoms with E-state index in [9.17, 15) is 18.8 Å². The van der Waals surface area contributed by atoms with Crippen molar-refractivity contribution in [3.8, 4) is 0 Å². The van der Waals surface area contributed by atoms with Gasteiger partial charge in [0.2, 0.25) is 5.43 Å². The topological polar surface area (TPSA) is 101 Å². The van der Waals surface area contributed by atoms with E-state index in [-0.39, 0.29) is 28.5 Å². The number of nitrogens with zero attached hydrogens (tertiary/aromatic N) is 1. The molecule has 0 bridgehead atoms. The minimum Gasteiger partial charge on any atom is -0.463 e. The average Bonchev–Trinajstić information content (AvgIpc) is 2.69. The van der Waals surface area contributed by atoms with E-state index < -0.39 is 17.6 Å². The van der Waals surface area contributed by atoms with Gasteiger partial charge < -0.3 is 9.73 Å². The second kappa shape index (κ2) is 8.45. The largest absolute Gasteiger partial charge is 0.463 e. The number of nitrogens with one attached hydrogen (secondary N) is 2. The molecule has 1 aromatic heterocycles. The number of carbonyl (C=O) groups is 2. The van der Waals surface area contributed by atoms with E-state index >= 15 is 0 Å². The molecule has 0 spiro atoms. The van der Waals surface area contributed by atoms with Crippen LogP contribution in [0.1, 0.15) is 15.9 Å². The van der Waals surface area contributed by atoms with Crippen LogP contribution in [0.4, 0.5) is 4.39 Å². The Morgan fingerprint density at radius 2 is 1.93 bits per heavy atom. The van der Waals surface area contributed by atoms with Crippen LogP contribution in [0, 0.1) is 5.82 Å².